The van der Waals surface area contributed by atoms with Crippen molar-refractivity contribution in [3.8, 4) is 0 Å². The van der Waals surface area contributed by atoms with Gasteiger partial charge in [0.2, 0.25) is 11.8 Å². The van der Waals surface area contributed by atoms with Crippen molar-refractivity contribution in [2.75, 3.05) is 24.5 Å². The molecular formula is C21H23N3O2S. The molecule has 0 spiro atoms. The Morgan fingerprint density at radius 2 is 1.52 bits per heavy atom. The van der Waals surface area contributed by atoms with Crippen LogP contribution in [0.15, 0.2) is 58.3 Å². The lowest BCUT2D eigenvalue weighted by molar-refractivity contribution is -0.134. The van der Waals surface area contributed by atoms with Gasteiger partial charge in [0.05, 0.1) is 11.4 Å². The largest absolute Gasteiger partial charge is 0.369 e. The lowest BCUT2D eigenvalue weighted by atomic mass is 9.96. The number of rotatable bonds is 4. The molecule has 0 atom stereocenters. The lowest BCUT2D eigenvalue weighted by Crippen LogP contribution is -2.42. The summed E-state index contributed by atoms with van der Waals surface area (Å²) in [5.74, 6) is -0.195. The van der Waals surface area contributed by atoms with Crippen molar-refractivity contribution in [3.05, 3.63) is 48.5 Å². The van der Waals surface area contributed by atoms with Gasteiger partial charge in [-0.05, 0) is 37.1 Å². The molecule has 6 heteroatoms. The van der Waals surface area contributed by atoms with Crippen molar-refractivity contribution < 1.29 is 9.59 Å². The first kappa shape index (κ1) is 17.9. The third-order valence-corrected chi connectivity index (χ3v) is 6.46. The SMILES string of the molecule is NC(=O)C1CCN(C(=O)CCN2c3ccccc3Sc3ccccc32)CC1. The number of anilines is 2. The maximum absolute atomic E-state index is 12.7. The molecule has 2 heterocycles. The number of likely N-dealkylation sites (tertiary alicyclic amines) is 1. The zero-order valence-corrected chi connectivity index (χ0v) is 16.0. The van der Waals surface area contributed by atoms with Crippen LogP contribution in [0.2, 0.25) is 0 Å². The van der Waals surface area contributed by atoms with Crippen LogP contribution in [0, 0.1) is 5.92 Å². The predicted molar refractivity (Wildman–Crippen MR) is 107 cm³/mol. The molecule has 2 aromatic rings. The van der Waals surface area contributed by atoms with E-state index in [0.29, 0.717) is 38.9 Å². The Balaban J connectivity index is 1.46. The highest BCUT2D eigenvalue weighted by Gasteiger charge is 2.27. The Labute approximate surface area is 163 Å². The molecule has 1 fully saturated rings. The van der Waals surface area contributed by atoms with Gasteiger partial charge in [-0.15, -0.1) is 0 Å². The maximum atomic E-state index is 12.7. The van der Waals surface area contributed by atoms with Crippen LogP contribution < -0.4 is 10.6 Å². The molecule has 2 aromatic carbocycles. The highest BCUT2D eigenvalue weighted by molar-refractivity contribution is 7.99. The molecule has 2 aliphatic heterocycles. The van der Waals surface area contributed by atoms with Crippen molar-refractivity contribution in [1.82, 2.24) is 4.90 Å². The van der Waals surface area contributed by atoms with Crippen LogP contribution in [-0.4, -0.2) is 36.3 Å². The van der Waals surface area contributed by atoms with Crippen LogP contribution in [0.25, 0.3) is 0 Å². The third kappa shape index (κ3) is 3.67. The Hall–Kier alpha value is -2.47. The number of hydrogen-bond donors (Lipinski definition) is 1. The summed E-state index contributed by atoms with van der Waals surface area (Å²) in [5, 5.41) is 0. The van der Waals surface area contributed by atoms with E-state index in [2.05, 4.69) is 29.2 Å². The summed E-state index contributed by atoms with van der Waals surface area (Å²) in [4.78, 5) is 30.6. The predicted octanol–water partition coefficient (Wildman–Crippen LogP) is 3.40. The third-order valence-electron chi connectivity index (χ3n) is 5.33. The average molecular weight is 382 g/mol. The van der Waals surface area contributed by atoms with Gasteiger partial charge in [-0.25, -0.2) is 0 Å². The molecule has 0 radical (unpaired) electrons. The molecule has 2 amide bonds. The zero-order valence-electron chi connectivity index (χ0n) is 15.1. The van der Waals surface area contributed by atoms with Crippen LogP contribution in [0.4, 0.5) is 11.4 Å². The summed E-state index contributed by atoms with van der Waals surface area (Å²) in [5.41, 5.74) is 7.69. The number of carbonyl (C=O) groups excluding carboxylic acids is 2. The average Bonchev–Trinajstić information content (AvgIpc) is 2.71. The molecule has 0 aromatic heterocycles. The number of para-hydroxylation sites is 2. The molecule has 0 aliphatic carbocycles. The number of primary amides is 1. The van der Waals surface area contributed by atoms with Gasteiger partial charge in [0.15, 0.2) is 0 Å². The maximum Gasteiger partial charge on any atom is 0.224 e. The molecule has 2 aliphatic rings. The van der Waals surface area contributed by atoms with E-state index in [1.807, 2.05) is 29.2 Å². The number of fused-ring (bicyclic) bond motifs is 2. The van der Waals surface area contributed by atoms with E-state index in [1.165, 1.54) is 9.79 Å². The van der Waals surface area contributed by atoms with Crippen molar-refractivity contribution in [3.63, 3.8) is 0 Å². The molecule has 1 saturated heterocycles. The van der Waals surface area contributed by atoms with E-state index in [0.717, 1.165) is 11.4 Å². The Bertz CT molecular complexity index is 817. The second-order valence-electron chi connectivity index (χ2n) is 7.00. The van der Waals surface area contributed by atoms with Crippen LogP contribution in [0.5, 0.6) is 0 Å². The number of amides is 2. The summed E-state index contributed by atoms with van der Waals surface area (Å²) in [6.45, 7) is 1.88. The monoisotopic (exact) mass is 381 g/mol. The first-order valence-electron chi connectivity index (χ1n) is 9.34. The number of carbonyl (C=O) groups is 2. The summed E-state index contributed by atoms with van der Waals surface area (Å²) in [7, 11) is 0. The van der Waals surface area contributed by atoms with Gasteiger partial charge in [-0.2, -0.15) is 0 Å². The molecule has 2 N–H and O–H groups in total. The summed E-state index contributed by atoms with van der Waals surface area (Å²) < 4.78 is 0. The van der Waals surface area contributed by atoms with Crippen molar-refractivity contribution in [2.45, 2.75) is 29.1 Å². The second kappa shape index (κ2) is 7.64. The van der Waals surface area contributed by atoms with E-state index in [-0.39, 0.29) is 17.7 Å². The normalized spacial score (nSPS) is 16.6. The highest BCUT2D eigenvalue weighted by Crippen LogP contribution is 2.47. The topological polar surface area (TPSA) is 66.6 Å². The number of hydrogen-bond acceptors (Lipinski definition) is 4. The molecule has 0 unspecified atom stereocenters. The standard InChI is InChI=1S/C21H23N3O2S/c22-21(26)15-9-12-23(13-10-15)20(25)11-14-24-16-5-1-3-7-18(16)27-19-8-4-2-6-17(19)24/h1-8,15H,9-14H2,(H2,22,26). The van der Waals surface area contributed by atoms with E-state index >= 15 is 0 Å². The molecule has 140 valence electrons. The van der Waals surface area contributed by atoms with Gasteiger partial charge in [-0.3, -0.25) is 9.59 Å². The zero-order chi connectivity index (χ0) is 18.8. The fourth-order valence-electron chi connectivity index (χ4n) is 3.80. The quantitative estimate of drug-likeness (QED) is 0.881. The van der Waals surface area contributed by atoms with Gasteiger partial charge in [-0.1, -0.05) is 36.0 Å². The van der Waals surface area contributed by atoms with Gasteiger partial charge in [0, 0.05) is 41.8 Å². The van der Waals surface area contributed by atoms with Crippen molar-refractivity contribution in [1.29, 1.82) is 0 Å². The fourth-order valence-corrected chi connectivity index (χ4v) is 4.90. The smallest absolute Gasteiger partial charge is 0.224 e. The first-order valence-corrected chi connectivity index (χ1v) is 10.2. The van der Waals surface area contributed by atoms with Crippen LogP contribution in [0.3, 0.4) is 0 Å². The lowest BCUT2D eigenvalue weighted by Gasteiger charge is -2.34. The van der Waals surface area contributed by atoms with E-state index < -0.39 is 0 Å². The minimum atomic E-state index is -0.249. The number of benzene rings is 2. The van der Waals surface area contributed by atoms with Gasteiger partial charge >= 0.3 is 0 Å². The second-order valence-corrected chi connectivity index (χ2v) is 8.08. The van der Waals surface area contributed by atoms with Crippen molar-refractivity contribution >= 4 is 35.0 Å². The van der Waals surface area contributed by atoms with Crippen LogP contribution in [0.1, 0.15) is 19.3 Å². The highest BCUT2D eigenvalue weighted by atomic mass is 32.2. The Morgan fingerprint density at radius 1 is 0.963 bits per heavy atom. The summed E-state index contributed by atoms with van der Waals surface area (Å²) >= 11 is 1.77. The van der Waals surface area contributed by atoms with E-state index in [1.54, 1.807) is 11.8 Å². The summed E-state index contributed by atoms with van der Waals surface area (Å²) in [6.07, 6.45) is 1.80. The molecule has 27 heavy (non-hydrogen) atoms. The van der Waals surface area contributed by atoms with Gasteiger partial charge in [0.1, 0.15) is 0 Å². The number of nitrogens with zero attached hydrogens (tertiary/aromatic N) is 2. The molecule has 0 bridgehead atoms. The molecular weight excluding hydrogens is 358 g/mol. The number of nitrogens with two attached hydrogens (primary N) is 1. The first-order chi connectivity index (χ1) is 13.1. The molecule has 5 nitrogen and oxygen atoms in total. The van der Waals surface area contributed by atoms with E-state index in [4.69, 9.17) is 5.73 Å². The molecule has 4 rings (SSSR count). The number of piperidine rings is 1. The minimum absolute atomic E-state index is 0.0908. The summed E-state index contributed by atoms with van der Waals surface area (Å²) in [6, 6.07) is 16.6. The van der Waals surface area contributed by atoms with Crippen LogP contribution in [-0.2, 0) is 9.59 Å². The van der Waals surface area contributed by atoms with Crippen LogP contribution >= 0.6 is 11.8 Å². The van der Waals surface area contributed by atoms with E-state index in [9.17, 15) is 9.59 Å². The fraction of sp³-hybridized carbons (Fsp3) is 0.333. The van der Waals surface area contributed by atoms with Gasteiger partial charge < -0.3 is 15.5 Å². The van der Waals surface area contributed by atoms with Gasteiger partial charge in [0.25, 0.3) is 0 Å². The Morgan fingerprint density at radius 3 is 2.07 bits per heavy atom. The van der Waals surface area contributed by atoms with Crippen molar-refractivity contribution in [2.24, 2.45) is 11.7 Å². The molecule has 0 saturated carbocycles. The Kier molecular flexibility index (Phi) is 5.07. The minimum Gasteiger partial charge on any atom is -0.369 e.